The lowest BCUT2D eigenvalue weighted by molar-refractivity contribution is 0.0734. The first-order valence-corrected chi connectivity index (χ1v) is 13.4. The van der Waals surface area contributed by atoms with E-state index in [4.69, 9.17) is 16.3 Å². The Labute approximate surface area is 224 Å². The quantitative estimate of drug-likeness (QED) is 0.175. The predicted octanol–water partition coefficient (Wildman–Crippen LogP) is 6.75. The van der Waals surface area contributed by atoms with Crippen LogP contribution in [0.2, 0.25) is 5.02 Å². The maximum atomic E-state index is 13.9. The number of hydrogen-bond acceptors (Lipinski definition) is 5. The first kappa shape index (κ1) is 25.2. The Morgan fingerprint density at radius 2 is 1.26 bits per heavy atom. The summed E-state index contributed by atoms with van der Waals surface area (Å²) in [4.78, 5) is 26.0. The highest BCUT2D eigenvalue weighted by Gasteiger charge is 2.32. The number of esters is 1. The maximum Gasteiger partial charge on any atom is 0.343 e. The summed E-state index contributed by atoms with van der Waals surface area (Å²) < 4.78 is 34.0. The molecule has 0 aliphatic heterocycles. The number of anilines is 1. The summed E-state index contributed by atoms with van der Waals surface area (Å²) in [7, 11) is -4.37. The molecule has 5 rings (SSSR count). The van der Waals surface area contributed by atoms with Gasteiger partial charge in [-0.1, -0.05) is 78.3 Å². The molecule has 0 unspecified atom stereocenters. The number of nitrogens with zero attached hydrogens (tertiary/aromatic N) is 1. The van der Waals surface area contributed by atoms with E-state index in [0.717, 1.165) is 5.39 Å². The lowest BCUT2D eigenvalue weighted by Crippen LogP contribution is -2.37. The lowest BCUT2D eigenvalue weighted by Gasteiger charge is -2.23. The Hall–Kier alpha value is -4.46. The van der Waals surface area contributed by atoms with Gasteiger partial charge >= 0.3 is 5.97 Å². The van der Waals surface area contributed by atoms with Gasteiger partial charge in [0, 0.05) is 5.56 Å². The van der Waals surface area contributed by atoms with Gasteiger partial charge in [-0.15, -0.1) is 0 Å². The molecule has 0 atom stereocenters. The highest BCUT2D eigenvalue weighted by molar-refractivity contribution is 7.93. The first-order chi connectivity index (χ1) is 18.3. The van der Waals surface area contributed by atoms with Crippen molar-refractivity contribution in [3.8, 4) is 5.75 Å². The summed E-state index contributed by atoms with van der Waals surface area (Å²) in [5.41, 5.74) is 0.497. The zero-order valence-electron chi connectivity index (χ0n) is 19.8. The fourth-order valence-electron chi connectivity index (χ4n) is 3.93. The third-order valence-corrected chi connectivity index (χ3v) is 7.83. The van der Waals surface area contributed by atoms with Crippen LogP contribution in [0.1, 0.15) is 20.7 Å². The number of carbonyl (C=O) groups is 2. The van der Waals surface area contributed by atoms with Gasteiger partial charge in [-0.3, -0.25) is 4.79 Å². The van der Waals surface area contributed by atoms with Crippen LogP contribution in [0.3, 0.4) is 0 Å². The van der Waals surface area contributed by atoms with Gasteiger partial charge in [0.15, 0.2) is 0 Å². The molecule has 0 saturated heterocycles. The van der Waals surface area contributed by atoms with Crippen molar-refractivity contribution in [3.05, 3.63) is 137 Å². The van der Waals surface area contributed by atoms with Crippen molar-refractivity contribution in [1.82, 2.24) is 0 Å². The molecule has 5 aromatic carbocycles. The predicted molar refractivity (Wildman–Crippen MR) is 147 cm³/mol. The summed E-state index contributed by atoms with van der Waals surface area (Å²) in [6, 6.07) is 32.5. The molecular weight excluding hydrogens is 522 g/mol. The van der Waals surface area contributed by atoms with E-state index in [1.165, 1.54) is 42.5 Å². The molecule has 0 bridgehead atoms. The molecule has 0 N–H and O–H groups in total. The van der Waals surface area contributed by atoms with Crippen molar-refractivity contribution in [1.29, 1.82) is 0 Å². The minimum Gasteiger partial charge on any atom is -0.421 e. The number of hydrogen-bond donors (Lipinski definition) is 0. The summed E-state index contributed by atoms with van der Waals surface area (Å²) in [5.74, 6) is -1.36. The van der Waals surface area contributed by atoms with E-state index in [-0.39, 0.29) is 26.9 Å². The van der Waals surface area contributed by atoms with Crippen molar-refractivity contribution in [2.45, 2.75) is 4.90 Å². The molecule has 188 valence electrons. The third-order valence-electron chi connectivity index (χ3n) is 5.83. The van der Waals surface area contributed by atoms with Gasteiger partial charge in [-0.25, -0.2) is 13.2 Å². The summed E-state index contributed by atoms with van der Waals surface area (Å²) >= 11 is 6.42. The molecule has 8 heteroatoms. The van der Waals surface area contributed by atoms with E-state index in [9.17, 15) is 18.0 Å². The van der Waals surface area contributed by atoms with Crippen LogP contribution in [0, 0.1) is 0 Å². The molecule has 0 heterocycles. The average molecular weight is 542 g/mol. The normalized spacial score (nSPS) is 11.2. The highest BCUT2D eigenvalue weighted by Crippen LogP contribution is 2.34. The van der Waals surface area contributed by atoms with Crippen LogP contribution >= 0.6 is 11.6 Å². The van der Waals surface area contributed by atoms with E-state index in [1.807, 2.05) is 12.1 Å². The van der Waals surface area contributed by atoms with Crippen LogP contribution in [0.15, 0.2) is 126 Å². The minimum absolute atomic E-state index is 0.00322. The van der Waals surface area contributed by atoms with Crippen molar-refractivity contribution < 1.29 is 22.7 Å². The molecule has 0 aromatic heterocycles. The van der Waals surface area contributed by atoms with Gasteiger partial charge in [-0.2, -0.15) is 4.31 Å². The second-order valence-corrected chi connectivity index (χ2v) is 10.5. The van der Waals surface area contributed by atoms with Gasteiger partial charge in [-0.05, 0) is 65.4 Å². The van der Waals surface area contributed by atoms with Crippen molar-refractivity contribution in [2.24, 2.45) is 0 Å². The van der Waals surface area contributed by atoms with E-state index in [1.54, 1.807) is 66.7 Å². The van der Waals surface area contributed by atoms with E-state index < -0.39 is 21.9 Å². The molecular formula is C30H20ClNO5S. The fraction of sp³-hybridized carbons (Fsp3) is 0. The van der Waals surface area contributed by atoms with Crippen molar-refractivity contribution >= 4 is 50.0 Å². The summed E-state index contributed by atoms with van der Waals surface area (Å²) in [6.45, 7) is 0. The Morgan fingerprint density at radius 1 is 0.658 bits per heavy atom. The van der Waals surface area contributed by atoms with Crippen LogP contribution in [0.4, 0.5) is 5.69 Å². The van der Waals surface area contributed by atoms with Crippen LogP contribution in [-0.4, -0.2) is 20.3 Å². The topological polar surface area (TPSA) is 80.8 Å². The first-order valence-electron chi connectivity index (χ1n) is 11.5. The van der Waals surface area contributed by atoms with Crippen LogP contribution in [0.5, 0.6) is 5.75 Å². The second-order valence-electron chi connectivity index (χ2n) is 8.32. The molecule has 0 saturated carbocycles. The van der Waals surface area contributed by atoms with Crippen molar-refractivity contribution in [3.63, 3.8) is 0 Å². The Bertz CT molecular complexity index is 1760. The molecule has 6 nitrogen and oxygen atoms in total. The van der Waals surface area contributed by atoms with E-state index >= 15 is 0 Å². The monoisotopic (exact) mass is 541 g/mol. The number of halogens is 1. The highest BCUT2D eigenvalue weighted by atomic mass is 35.5. The Morgan fingerprint density at radius 3 is 1.92 bits per heavy atom. The molecule has 0 aliphatic carbocycles. The standard InChI is InChI=1S/C30H20ClNO5S/c31-27-20-25(16-18-28(27)37-30(34)23-12-5-2-6-13-23)32(29(33)22-10-3-1-4-11-22)38(35,36)26-17-15-21-9-7-8-14-24(21)19-26/h1-20H. The minimum atomic E-state index is -4.37. The maximum absolute atomic E-state index is 13.9. The van der Waals surface area contributed by atoms with Crippen LogP contribution in [0.25, 0.3) is 10.8 Å². The number of carbonyl (C=O) groups excluding carboxylic acids is 2. The number of ether oxygens (including phenoxy) is 1. The largest absolute Gasteiger partial charge is 0.421 e. The smallest absolute Gasteiger partial charge is 0.343 e. The number of fused-ring (bicyclic) bond motifs is 1. The summed E-state index contributed by atoms with van der Waals surface area (Å²) in [5, 5.41) is 1.54. The number of sulfonamides is 1. The lowest BCUT2D eigenvalue weighted by atomic mass is 10.1. The second kappa shape index (κ2) is 10.5. The van der Waals surface area contributed by atoms with E-state index in [2.05, 4.69) is 0 Å². The number of amides is 1. The molecule has 1 amide bonds. The molecule has 0 spiro atoms. The Kier molecular flexibility index (Phi) is 6.96. The van der Waals surface area contributed by atoms with Gasteiger partial charge in [0.05, 0.1) is 21.2 Å². The molecule has 38 heavy (non-hydrogen) atoms. The third kappa shape index (κ3) is 5.02. The molecule has 5 aromatic rings. The van der Waals surface area contributed by atoms with Gasteiger partial charge in [0.1, 0.15) is 5.75 Å². The molecule has 0 fully saturated rings. The van der Waals surface area contributed by atoms with Gasteiger partial charge in [0.2, 0.25) is 0 Å². The SMILES string of the molecule is O=C(Oc1ccc(N(C(=O)c2ccccc2)S(=O)(=O)c2ccc3ccccc3c2)cc1Cl)c1ccccc1. The molecule has 0 radical (unpaired) electrons. The summed E-state index contributed by atoms with van der Waals surface area (Å²) in [6.07, 6.45) is 0. The fourth-order valence-corrected chi connectivity index (χ4v) is 5.58. The van der Waals surface area contributed by atoms with E-state index in [0.29, 0.717) is 15.3 Å². The number of benzene rings is 5. The van der Waals surface area contributed by atoms with Crippen molar-refractivity contribution in [2.75, 3.05) is 4.31 Å². The average Bonchev–Trinajstić information content (AvgIpc) is 2.95. The zero-order valence-corrected chi connectivity index (χ0v) is 21.4. The van der Waals surface area contributed by atoms with Crippen LogP contribution in [-0.2, 0) is 10.0 Å². The number of rotatable bonds is 6. The Balaban J connectivity index is 1.57. The van der Waals surface area contributed by atoms with Gasteiger partial charge < -0.3 is 4.74 Å². The molecule has 0 aliphatic rings. The zero-order chi connectivity index (χ0) is 26.7. The van der Waals surface area contributed by atoms with Gasteiger partial charge in [0.25, 0.3) is 15.9 Å². The van der Waals surface area contributed by atoms with Crippen LogP contribution < -0.4 is 9.04 Å².